The Bertz CT molecular complexity index is 846. The van der Waals surface area contributed by atoms with Crippen LogP contribution in [0, 0.1) is 18.6 Å². The number of carbonyl (C=O) groups excluding carboxylic acids is 1. The van der Waals surface area contributed by atoms with E-state index in [-0.39, 0.29) is 35.8 Å². The van der Waals surface area contributed by atoms with Gasteiger partial charge in [-0.05, 0) is 53.0 Å². The highest BCUT2D eigenvalue weighted by Crippen LogP contribution is 2.34. The molecule has 0 N–H and O–H groups in total. The van der Waals surface area contributed by atoms with E-state index in [0.29, 0.717) is 16.8 Å². The summed E-state index contributed by atoms with van der Waals surface area (Å²) >= 11 is 1.17. The zero-order chi connectivity index (χ0) is 21.9. The fourth-order valence-electron chi connectivity index (χ4n) is 3.11. The highest BCUT2D eigenvalue weighted by molar-refractivity contribution is 7.98. The zero-order valence-corrected chi connectivity index (χ0v) is 18.7. The van der Waals surface area contributed by atoms with Gasteiger partial charge in [-0.3, -0.25) is 0 Å². The molecular weight excluding hydrogens is 423 g/mol. The number of amides is 1. The maximum atomic E-state index is 13.9. The van der Waals surface area contributed by atoms with Crippen LogP contribution >= 0.6 is 24.1 Å². The molecule has 29 heavy (non-hydrogen) atoms. The van der Waals surface area contributed by atoms with Gasteiger partial charge in [-0.2, -0.15) is 0 Å². The third-order valence-corrected chi connectivity index (χ3v) is 5.64. The molecular formula is C19H24F3N3O2S2. The fraction of sp³-hybridized carbons (Fsp3) is 0.474. The summed E-state index contributed by atoms with van der Waals surface area (Å²) in [5, 5.41) is 0.521. The summed E-state index contributed by atoms with van der Waals surface area (Å²) in [7, 11) is 0. The van der Waals surface area contributed by atoms with Crippen molar-refractivity contribution in [1.29, 1.82) is 0 Å². The van der Waals surface area contributed by atoms with Crippen molar-refractivity contribution in [3.05, 3.63) is 46.9 Å². The maximum absolute atomic E-state index is 13.9. The van der Waals surface area contributed by atoms with Crippen LogP contribution in [0.5, 0.6) is 0 Å². The number of rotatable bonds is 7. The van der Waals surface area contributed by atoms with E-state index < -0.39 is 23.8 Å². The summed E-state index contributed by atoms with van der Waals surface area (Å²) in [4.78, 5) is 18.7. The number of hydrogen-bond donors (Lipinski definition) is 0. The molecule has 5 nitrogen and oxygen atoms in total. The van der Waals surface area contributed by atoms with Crippen molar-refractivity contribution in [2.75, 3.05) is 6.26 Å². The first-order valence-corrected chi connectivity index (χ1v) is 10.9. The molecule has 1 aromatic heterocycles. The van der Waals surface area contributed by atoms with E-state index in [4.69, 9.17) is 4.74 Å². The highest BCUT2D eigenvalue weighted by Gasteiger charge is 2.31. The van der Waals surface area contributed by atoms with Gasteiger partial charge in [0.25, 0.3) is 0 Å². The van der Waals surface area contributed by atoms with E-state index in [1.165, 1.54) is 16.7 Å². The van der Waals surface area contributed by atoms with Gasteiger partial charge in [-0.1, -0.05) is 0 Å². The van der Waals surface area contributed by atoms with Crippen molar-refractivity contribution >= 4 is 30.2 Å². The third kappa shape index (κ3) is 5.22. The highest BCUT2D eigenvalue weighted by atomic mass is 32.2. The van der Waals surface area contributed by atoms with E-state index in [1.807, 2.05) is 27.7 Å². The predicted octanol–water partition coefficient (Wildman–Crippen LogP) is 5.92. The summed E-state index contributed by atoms with van der Waals surface area (Å²) in [5.41, 5.74) is 0.527. The molecule has 0 aliphatic heterocycles. The molecule has 0 saturated carbocycles. The van der Waals surface area contributed by atoms with Gasteiger partial charge in [-0.25, -0.2) is 22.5 Å². The van der Waals surface area contributed by atoms with Crippen molar-refractivity contribution in [2.24, 2.45) is 0 Å². The summed E-state index contributed by atoms with van der Waals surface area (Å²) < 4.78 is 48.3. The first-order valence-electron chi connectivity index (χ1n) is 8.97. The topological polar surface area (TPSA) is 47.4 Å². The van der Waals surface area contributed by atoms with Crippen molar-refractivity contribution in [2.45, 2.75) is 57.8 Å². The number of nitrogens with zero attached hydrogens (tertiary/aromatic N) is 3. The molecule has 10 heteroatoms. The molecule has 0 aliphatic carbocycles. The van der Waals surface area contributed by atoms with Crippen LogP contribution < -0.4 is 0 Å². The number of imidazole rings is 1. The van der Waals surface area contributed by atoms with E-state index in [2.05, 4.69) is 4.98 Å². The minimum Gasteiger partial charge on any atom is -0.433 e. The molecule has 0 radical (unpaired) electrons. The summed E-state index contributed by atoms with van der Waals surface area (Å²) in [6.07, 6.45) is -0.212. The second kappa shape index (κ2) is 9.80. The fourth-order valence-corrected chi connectivity index (χ4v) is 4.14. The minimum absolute atomic E-state index is 0.0243. The molecule has 1 atom stereocenters. The molecule has 0 aliphatic rings. The zero-order valence-electron chi connectivity index (χ0n) is 17.1. The number of ether oxygens (including phenoxy) is 1. The molecule has 0 spiro atoms. The van der Waals surface area contributed by atoms with Crippen molar-refractivity contribution in [3.63, 3.8) is 0 Å². The Labute approximate surface area is 177 Å². The summed E-state index contributed by atoms with van der Waals surface area (Å²) in [6.45, 7) is 8.96. The second-order valence-corrected chi connectivity index (χ2v) is 8.29. The SMILES string of the molecule is CSc1nc(C(OC(=O)N(C(C)C)C(C)C)c2cc(F)cc(F)c2)n(SF)c1C. The normalized spacial score (nSPS) is 12.5. The quantitative estimate of drug-likeness (QED) is 0.493. The van der Waals surface area contributed by atoms with E-state index in [1.54, 1.807) is 13.2 Å². The summed E-state index contributed by atoms with van der Waals surface area (Å²) in [5.74, 6) is -1.64. The number of aromatic nitrogens is 2. The van der Waals surface area contributed by atoms with Gasteiger partial charge < -0.3 is 9.64 Å². The van der Waals surface area contributed by atoms with Crippen LogP contribution in [-0.2, 0) is 4.74 Å². The lowest BCUT2D eigenvalue weighted by molar-refractivity contribution is 0.0547. The van der Waals surface area contributed by atoms with E-state index in [9.17, 15) is 17.5 Å². The average Bonchev–Trinajstić information content (AvgIpc) is 2.93. The van der Waals surface area contributed by atoms with E-state index >= 15 is 0 Å². The predicted molar refractivity (Wildman–Crippen MR) is 110 cm³/mol. The molecule has 0 saturated heterocycles. The minimum atomic E-state index is -1.30. The lowest BCUT2D eigenvalue weighted by Gasteiger charge is -2.31. The second-order valence-electron chi connectivity index (χ2n) is 6.99. The van der Waals surface area contributed by atoms with Crippen LogP contribution in [0.3, 0.4) is 0 Å². The van der Waals surface area contributed by atoms with Crippen molar-refractivity contribution in [1.82, 2.24) is 13.9 Å². The largest absolute Gasteiger partial charge is 0.433 e. The van der Waals surface area contributed by atoms with Crippen molar-refractivity contribution < 1.29 is 22.2 Å². The molecule has 0 bridgehead atoms. The number of halogens is 3. The maximum Gasteiger partial charge on any atom is 0.411 e. The molecule has 1 aromatic carbocycles. The lowest BCUT2D eigenvalue weighted by Crippen LogP contribution is -2.43. The van der Waals surface area contributed by atoms with Crippen LogP contribution in [0.4, 0.5) is 17.5 Å². The Kier molecular flexibility index (Phi) is 7.93. The van der Waals surface area contributed by atoms with Gasteiger partial charge in [0.05, 0.1) is 5.69 Å². The Morgan fingerprint density at radius 1 is 1.14 bits per heavy atom. The van der Waals surface area contributed by atoms with Crippen LogP contribution in [0.15, 0.2) is 23.2 Å². The summed E-state index contributed by atoms with van der Waals surface area (Å²) in [6, 6.07) is 2.46. The Hall–Kier alpha value is -1.81. The Balaban J connectivity index is 2.60. The monoisotopic (exact) mass is 447 g/mol. The molecule has 160 valence electrons. The number of carbonyl (C=O) groups is 1. The van der Waals surface area contributed by atoms with Gasteiger partial charge in [-0.15, -0.1) is 15.6 Å². The molecule has 2 aromatic rings. The van der Waals surface area contributed by atoms with Crippen LogP contribution in [0.1, 0.15) is 50.9 Å². The van der Waals surface area contributed by atoms with Gasteiger partial charge >= 0.3 is 6.09 Å². The Morgan fingerprint density at radius 2 is 1.69 bits per heavy atom. The molecule has 0 fully saturated rings. The van der Waals surface area contributed by atoms with Gasteiger partial charge in [0.2, 0.25) is 0 Å². The standard InChI is InChI=1S/C19H24F3N3O2S2/c1-10(2)24(11(3)4)19(26)27-16(13-7-14(20)9-15(21)8-13)17-23-18(28-6)12(5)25(17)29-22/h7-11,16H,1-6H3. The van der Waals surface area contributed by atoms with Crippen molar-refractivity contribution in [3.8, 4) is 0 Å². The van der Waals surface area contributed by atoms with Crippen LogP contribution in [0.25, 0.3) is 0 Å². The number of thioether (sulfide) groups is 1. The van der Waals surface area contributed by atoms with Crippen LogP contribution in [-0.4, -0.2) is 38.3 Å². The van der Waals surface area contributed by atoms with Gasteiger partial charge in [0, 0.05) is 23.7 Å². The number of hydrogen-bond acceptors (Lipinski definition) is 5. The van der Waals surface area contributed by atoms with Crippen LogP contribution in [0.2, 0.25) is 0 Å². The van der Waals surface area contributed by atoms with E-state index in [0.717, 1.165) is 16.1 Å². The lowest BCUT2D eigenvalue weighted by atomic mass is 10.1. The van der Waals surface area contributed by atoms with Gasteiger partial charge in [0.15, 0.2) is 24.3 Å². The Morgan fingerprint density at radius 3 is 2.14 bits per heavy atom. The smallest absolute Gasteiger partial charge is 0.411 e. The third-order valence-electron chi connectivity index (χ3n) is 4.26. The first kappa shape index (κ1) is 23.5. The number of benzene rings is 1. The molecule has 2 rings (SSSR count). The molecule has 1 heterocycles. The molecule has 1 amide bonds. The first-order chi connectivity index (χ1) is 13.6. The average molecular weight is 448 g/mol. The molecule has 1 unspecified atom stereocenters. The van der Waals surface area contributed by atoms with Gasteiger partial charge in [0.1, 0.15) is 16.7 Å².